The second-order valence-electron chi connectivity index (χ2n) is 8.16. The number of rotatable bonds is 3. The van der Waals surface area contributed by atoms with Gasteiger partial charge in [0.15, 0.2) is 0 Å². The molecule has 0 radical (unpaired) electrons. The Hall–Kier alpha value is -1.01. The maximum Gasteiger partial charge on any atom is 0.109 e. The Labute approximate surface area is 146 Å². The van der Waals surface area contributed by atoms with Gasteiger partial charge in [0.1, 0.15) is 12.6 Å². The molecule has 1 N–H and O–H groups in total. The highest BCUT2D eigenvalue weighted by molar-refractivity contribution is 5.14. The number of likely N-dealkylation sites (N-methyl/N-ethyl adjacent to an activating group) is 1. The molecule has 0 spiro atoms. The average Bonchev–Trinajstić information content (AvgIpc) is 3.05. The molecule has 5 heteroatoms. The molecule has 0 unspecified atom stereocenters. The topological polar surface area (TPSA) is 45.6 Å². The van der Waals surface area contributed by atoms with Gasteiger partial charge in [0.05, 0.1) is 33.4 Å². The Morgan fingerprint density at radius 1 is 1.38 bits per heavy atom. The Kier molecular flexibility index (Phi) is 6.75. The summed E-state index contributed by atoms with van der Waals surface area (Å²) in [5, 5.41) is 9.43. The van der Waals surface area contributed by atoms with E-state index in [0.717, 1.165) is 17.4 Å². The first-order chi connectivity index (χ1) is 11.3. The van der Waals surface area contributed by atoms with Gasteiger partial charge < -0.3 is 14.3 Å². The number of aliphatic hydroxyl groups is 1. The standard InChI is InChI=1S/C10H14N2.C9H20NO2/c1-12-7-3-5-10(12)9-4-2-6-11-8-9;1-7-9(11)5-8(12-7)6-10(2,3)4/h2,4,6,8,10H,3,5,7H2,1H3;7-9,11H,5-6H2,1-4H3/q;+1/t10-;7-,8-,9+/m00/s1. The SMILES string of the molecule is CN1CCC[C@H]1c1cccnc1.C[C@@H]1O[C@H](C[N+](C)(C)C)C[C@H]1O. The van der Waals surface area contributed by atoms with Crippen LogP contribution in [0, 0.1) is 0 Å². The van der Waals surface area contributed by atoms with Crippen molar-refractivity contribution in [3.63, 3.8) is 0 Å². The van der Waals surface area contributed by atoms with Gasteiger partial charge in [0.2, 0.25) is 0 Å². The zero-order valence-corrected chi connectivity index (χ0v) is 15.9. The zero-order valence-electron chi connectivity index (χ0n) is 15.9. The van der Waals surface area contributed by atoms with Crippen molar-refractivity contribution in [1.82, 2.24) is 9.88 Å². The van der Waals surface area contributed by atoms with E-state index >= 15 is 0 Å². The lowest BCUT2D eigenvalue weighted by Crippen LogP contribution is -2.41. The summed E-state index contributed by atoms with van der Waals surface area (Å²) in [6, 6.07) is 4.79. The van der Waals surface area contributed by atoms with E-state index in [0.29, 0.717) is 6.04 Å². The first kappa shape index (κ1) is 19.3. The van der Waals surface area contributed by atoms with E-state index in [4.69, 9.17) is 4.74 Å². The molecule has 2 fully saturated rings. The molecule has 1 aromatic heterocycles. The minimum Gasteiger partial charge on any atom is -0.390 e. The molecular weight excluding hydrogens is 302 g/mol. The molecule has 2 aliphatic rings. The highest BCUT2D eigenvalue weighted by Crippen LogP contribution is 2.29. The number of aromatic nitrogens is 1. The Morgan fingerprint density at radius 2 is 2.12 bits per heavy atom. The lowest BCUT2D eigenvalue weighted by atomic mass is 10.1. The van der Waals surface area contributed by atoms with Crippen LogP contribution in [0.4, 0.5) is 0 Å². The van der Waals surface area contributed by atoms with Gasteiger partial charge in [-0.25, -0.2) is 0 Å². The minimum atomic E-state index is -0.262. The van der Waals surface area contributed by atoms with Crippen molar-refractivity contribution >= 4 is 0 Å². The largest absolute Gasteiger partial charge is 0.390 e. The fourth-order valence-electron chi connectivity index (χ4n) is 3.54. The predicted molar refractivity (Wildman–Crippen MR) is 96.7 cm³/mol. The van der Waals surface area contributed by atoms with Gasteiger partial charge in [-0.2, -0.15) is 0 Å². The fraction of sp³-hybridized carbons (Fsp3) is 0.737. The van der Waals surface area contributed by atoms with Crippen molar-refractivity contribution < 1.29 is 14.3 Å². The van der Waals surface area contributed by atoms with Crippen LogP contribution >= 0.6 is 0 Å². The smallest absolute Gasteiger partial charge is 0.109 e. The molecule has 2 aliphatic heterocycles. The number of quaternary nitrogens is 1. The van der Waals surface area contributed by atoms with Gasteiger partial charge in [-0.05, 0) is 45.0 Å². The molecule has 3 rings (SSSR count). The lowest BCUT2D eigenvalue weighted by molar-refractivity contribution is -0.873. The van der Waals surface area contributed by atoms with E-state index < -0.39 is 0 Å². The average molecular weight is 337 g/mol. The van der Waals surface area contributed by atoms with E-state index in [1.807, 2.05) is 25.4 Å². The molecule has 0 amide bonds. The van der Waals surface area contributed by atoms with Crippen molar-refractivity contribution in [2.75, 3.05) is 41.3 Å². The summed E-state index contributed by atoms with van der Waals surface area (Å²) in [7, 11) is 8.60. The molecule has 5 nitrogen and oxygen atoms in total. The molecule has 3 heterocycles. The molecular formula is C19H34N3O2+. The highest BCUT2D eigenvalue weighted by atomic mass is 16.5. The molecule has 0 aliphatic carbocycles. The lowest BCUT2D eigenvalue weighted by Gasteiger charge is -2.26. The van der Waals surface area contributed by atoms with Crippen LogP contribution in [0.25, 0.3) is 0 Å². The van der Waals surface area contributed by atoms with Crippen molar-refractivity contribution in [3.8, 4) is 0 Å². The summed E-state index contributed by atoms with van der Waals surface area (Å²) in [4.78, 5) is 6.54. The van der Waals surface area contributed by atoms with E-state index in [1.54, 1.807) is 0 Å². The Bertz CT molecular complexity index is 479. The second kappa shape index (κ2) is 8.39. The third-order valence-corrected chi connectivity index (χ3v) is 4.79. The van der Waals surface area contributed by atoms with E-state index in [2.05, 4.69) is 44.1 Å². The van der Waals surface area contributed by atoms with Crippen molar-refractivity contribution in [1.29, 1.82) is 0 Å². The molecule has 24 heavy (non-hydrogen) atoms. The van der Waals surface area contributed by atoms with Crippen LogP contribution in [0.1, 0.15) is 37.8 Å². The number of hydrogen-bond donors (Lipinski definition) is 1. The number of likely N-dealkylation sites (tertiary alicyclic amines) is 1. The highest BCUT2D eigenvalue weighted by Gasteiger charge is 2.33. The number of pyridine rings is 1. The van der Waals surface area contributed by atoms with Crippen molar-refractivity contribution in [2.45, 2.75) is 50.5 Å². The zero-order chi connectivity index (χ0) is 17.7. The van der Waals surface area contributed by atoms with Gasteiger partial charge in [-0.15, -0.1) is 0 Å². The molecule has 4 atom stereocenters. The molecule has 0 bridgehead atoms. The van der Waals surface area contributed by atoms with Gasteiger partial charge in [0.25, 0.3) is 0 Å². The van der Waals surface area contributed by atoms with Crippen molar-refractivity contribution in [2.24, 2.45) is 0 Å². The van der Waals surface area contributed by atoms with Crippen LogP contribution in [0.3, 0.4) is 0 Å². The Balaban J connectivity index is 0.000000174. The maximum absolute atomic E-state index is 9.43. The summed E-state index contributed by atoms with van der Waals surface area (Å²) in [5.74, 6) is 0. The number of ether oxygens (including phenoxy) is 1. The third-order valence-electron chi connectivity index (χ3n) is 4.79. The maximum atomic E-state index is 9.43. The van der Waals surface area contributed by atoms with Crippen LogP contribution in [0.15, 0.2) is 24.5 Å². The summed E-state index contributed by atoms with van der Waals surface area (Å²) in [6.45, 7) is 4.13. The second-order valence-corrected chi connectivity index (χ2v) is 8.16. The first-order valence-electron chi connectivity index (χ1n) is 9.00. The quantitative estimate of drug-likeness (QED) is 0.859. The van der Waals surface area contributed by atoms with Crippen LogP contribution in [-0.2, 0) is 4.74 Å². The third kappa shape index (κ3) is 5.81. The monoisotopic (exact) mass is 336 g/mol. The summed E-state index contributed by atoms with van der Waals surface area (Å²) < 4.78 is 6.48. The molecule has 0 aromatic carbocycles. The van der Waals surface area contributed by atoms with Crippen molar-refractivity contribution in [3.05, 3.63) is 30.1 Å². The van der Waals surface area contributed by atoms with Gasteiger partial charge >= 0.3 is 0 Å². The van der Waals surface area contributed by atoms with Crippen LogP contribution < -0.4 is 0 Å². The van der Waals surface area contributed by atoms with Crippen LogP contribution in [0.5, 0.6) is 0 Å². The predicted octanol–water partition coefficient (Wildman–Crippen LogP) is 2.08. The number of hydrogen-bond acceptors (Lipinski definition) is 4. The van der Waals surface area contributed by atoms with E-state index in [1.165, 1.54) is 24.9 Å². The number of nitrogens with zero attached hydrogens (tertiary/aromatic N) is 3. The van der Waals surface area contributed by atoms with Gasteiger partial charge in [-0.3, -0.25) is 9.88 Å². The Morgan fingerprint density at radius 3 is 2.58 bits per heavy atom. The van der Waals surface area contributed by atoms with E-state index in [9.17, 15) is 5.11 Å². The van der Waals surface area contributed by atoms with E-state index in [-0.39, 0.29) is 18.3 Å². The molecule has 2 saturated heterocycles. The molecule has 0 saturated carbocycles. The summed E-state index contributed by atoms with van der Waals surface area (Å²) >= 11 is 0. The summed E-state index contributed by atoms with van der Waals surface area (Å²) in [6.07, 6.45) is 7.18. The molecule has 136 valence electrons. The minimum absolute atomic E-state index is 0.0153. The van der Waals surface area contributed by atoms with Crippen LogP contribution in [0.2, 0.25) is 0 Å². The molecule has 1 aromatic rings. The first-order valence-corrected chi connectivity index (χ1v) is 9.00. The summed E-state index contributed by atoms with van der Waals surface area (Å²) in [5.41, 5.74) is 1.36. The normalized spacial score (nSPS) is 30.9. The van der Waals surface area contributed by atoms with Gasteiger partial charge in [-0.1, -0.05) is 6.07 Å². The van der Waals surface area contributed by atoms with Crippen LogP contribution in [-0.4, -0.2) is 79.1 Å². The number of aliphatic hydroxyl groups excluding tert-OH is 1. The fourth-order valence-corrected chi connectivity index (χ4v) is 3.54. The van der Waals surface area contributed by atoms with Gasteiger partial charge in [0, 0.05) is 24.9 Å².